The van der Waals surface area contributed by atoms with Crippen LogP contribution in [0.3, 0.4) is 0 Å². The molecule has 0 aliphatic rings. The Hall–Kier alpha value is -1.79. The topological polar surface area (TPSA) is 70.4 Å². The molecule has 0 spiro atoms. The number of nitrogens with zero attached hydrogens (tertiary/aromatic N) is 1. The van der Waals surface area contributed by atoms with Gasteiger partial charge >= 0.3 is 5.97 Å². The maximum atomic E-state index is 12.7. The number of halogens is 1. The molecule has 1 heterocycles. The van der Waals surface area contributed by atoms with E-state index in [-0.39, 0.29) is 18.3 Å². The minimum absolute atomic E-state index is 0.164. The number of aliphatic hydroxyl groups excluding tert-OH is 1. The lowest BCUT2D eigenvalue weighted by atomic mass is 10.1. The molecule has 0 aliphatic carbocycles. The molecule has 138 valence electrons. The number of aromatic nitrogens is 1. The number of hydrogen-bond acceptors (Lipinski definition) is 4. The monoisotopic (exact) mass is 367 g/mol. The highest BCUT2D eigenvalue weighted by atomic mass is 32.1. The van der Waals surface area contributed by atoms with E-state index in [1.807, 2.05) is 13.1 Å². The summed E-state index contributed by atoms with van der Waals surface area (Å²) in [7, 11) is 0. The summed E-state index contributed by atoms with van der Waals surface area (Å²) >= 11 is 1.67. The molecule has 1 aromatic carbocycles. The van der Waals surface area contributed by atoms with Crippen LogP contribution in [0.4, 0.5) is 4.39 Å². The van der Waals surface area contributed by atoms with Crippen molar-refractivity contribution in [1.29, 1.82) is 0 Å². The second-order valence-corrected chi connectivity index (χ2v) is 7.14. The predicted octanol–water partition coefficient (Wildman–Crippen LogP) is 5.08. The van der Waals surface area contributed by atoms with Gasteiger partial charge in [-0.15, -0.1) is 11.3 Å². The minimum Gasteiger partial charge on any atom is -0.481 e. The van der Waals surface area contributed by atoms with Gasteiger partial charge in [0.15, 0.2) is 0 Å². The highest BCUT2D eigenvalue weighted by molar-refractivity contribution is 7.15. The number of carboxylic acid groups (broad SMARTS) is 1. The second-order valence-electron chi connectivity index (χ2n) is 6.08. The fourth-order valence-corrected chi connectivity index (χ4v) is 2.90. The summed E-state index contributed by atoms with van der Waals surface area (Å²) in [5, 5.41) is 18.2. The van der Waals surface area contributed by atoms with E-state index in [2.05, 4.69) is 18.8 Å². The molecule has 1 aromatic heterocycles. The van der Waals surface area contributed by atoms with Crippen LogP contribution in [0.15, 0.2) is 30.5 Å². The van der Waals surface area contributed by atoms with Crippen molar-refractivity contribution < 1.29 is 19.4 Å². The Morgan fingerprint density at radius 2 is 1.92 bits per heavy atom. The van der Waals surface area contributed by atoms with Gasteiger partial charge in [-0.25, -0.2) is 9.37 Å². The molecule has 0 saturated heterocycles. The lowest BCUT2D eigenvalue weighted by Crippen LogP contribution is -2.05. The molecule has 0 saturated carbocycles. The molecular weight excluding hydrogens is 341 g/mol. The smallest absolute Gasteiger partial charge is 0.303 e. The van der Waals surface area contributed by atoms with Gasteiger partial charge in [0.05, 0.1) is 6.10 Å². The van der Waals surface area contributed by atoms with Crippen molar-refractivity contribution in [2.75, 3.05) is 0 Å². The molecule has 1 atom stereocenters. The molecule has 0 amide bonds. The van der Waals surface area contributed by atoms with Gasteiger partial charge in [-0.3, -0.25) is 4.79 Å². The molecule has 1 unspecified atom stereocenters. The van der Waals surface area contributed by atoms with Crippen molar-refractivity contribution >= 4 is 17.3 Å². The molecule has 0 fully saturated rings. The summed E-state index contributed by atoms with van der Waals surface area (Å²) in [5.74, 6) is -0.501. The number of thiazole rings is 1. The molecule has 4 nitrogen and oxygen atoms in total. The Kier molecular flexibility index (Phi) is 9.31. The fourth-order valence-electron chi connectivity index (χ4n) is 1.97. The number of aliphatic hydroxyl groups is 1. The summed E-state index contributed by atoms with van der Waals surface area (Å²) in [5.41, 5.74) is 0.980. The average molecular weight is 367 g/mol. The third kappa shape index (κ3) is 8.23. The first kappa shape index (κ1) is 21.3. The van der Waals surface area contributed by atoms with Crippen molar-refractivity contribution in [3.05, 3.63) is 41.2 Å². The van der Waals surface area contributed by atoms with Crippen LogP contribution in [0.2, 0.25) is 0 Å². The lowest BCUT2D eigenvalue weighted by molar-refractivity contribution is -0.137. The van der Waals surface area contributed by atoms with Crippen molar-refractivity contribution in [2.24, 2.45) is 0 Å². The average Bonchev–Trinajstić information content (AvgIpc) is 3.06. The highest BCUT2D eigenvalue weighted by Crippen LogP contribution is 2.29. The largest absolute Gasteiger partial charge is 0.481 e. The van der Waals surface area contributed by atoms with Gasteiger partial charge in [0.1, 0.15) is 10.8 Å². The number of benzene rings is 1. The van der Waals surface area contributed by atoms with Crippen LogP contribution in [-0.4, -0.2) is 27.3 Å². The number of aliphatic carboxylic acids is 1. The normalized spacial score (nSPS) is 11.8. The van der Waals surface area contributed by atoms with Crippen LogP contribution in [0.25, 0.3) is 10.6 Å². The van der Waals surface area contributed by atoms with E-state index in [1.165, 1.54) is 17.0 Å². The standard InChI is InChI=1S/C12H12FNS.C7H14O3/c1-8(2)11-7-14-12(15-11)9-3-5-10(13)6-4-9;1-2-6(8)4-3-5-7(9)10/h3-8H,1-2H3;6,8H,2-5H2,1H3,(H,9,10). The van der Waals surface area contributed by atoms with Gasteiger partial charge in [0, 0.05) is 23.1 Å². The second kappa shape index (κ2) is 10.9. The predicted molar refractivity (Wildman–Crippen MR) is 99.4 cm³/mol. The van der Waals surface area contributed by atoms with E-state index < -0.39 is 5.97 Å². The zero-order valence-corrected chi connectivity index (χ0v) is 15.7. The van der Waals surface area contributed by atoms with Crippen LogP contribution >= 0.6 is 11.3 Å². The van der Waals surface area contributed by atoms with Gasteiger partial charge < -0.3 is 10.2 Å². The molecule has 2 N–H and O–H groups in total. The summed E-state index contributed by atoms with van der Waals surface area (Å²) in [6.07, 6.45) is 3.62. The number of hydrogen-bond donors (Lipinski definition) is 2. The van der Waals surface area contributed by atoms with Gasteiger partial charge in [-0.1, -0.05) is 20.8 Å². The van der Waals surface area contributed by atoms with Gasteiger partial charge in [-0.05, 0) is 49.4 Å². The Bertz CT molecular complexity index is 640. The summed E-state index contributed by atoms with van der Waals surface area (Å²) in [6, 6.07) is 6.45. The van der Waals surface area contributed by atoms with Gasteiger partial charge in [-0.2, -0.15) is 0 Å². The molecule has 2 rings (SSSR count). The summed E-state index contributed by atoms with van der Waals surface area (Å²) in [6.45, 7) is 6.16. The molecule has 0 radical (unpaired) electrons. The zero-order chi connectivity index (χ0) is 18.8. The maximum Gasteiger partial charge on any atom is 0.303 e. The molecule has 0 aliphatic heterocycles. The van der Waals surface area contributed by atoms with Crippen LogP contribution in [0, 0.1) is 5.82 Å². The molecular formula is C19H26FNO3S. The van der Waals surface area contributed by atoms with Crippen LogP contribution in [0.1, 0.15) is 57.2 Å². The number of carboxylic acids is 1. The van der Waals surface area contributed by atoms with Crippen molar-refractivity contribution in [3.8, 4) is 10.6 Å². The van der Waals surface area contributed by atoms with E-state index in [0.29, 0.717) is 25.2 Å². The summed E-state index contributed by atoms with van der Waals surface area (Å²) < 4.78 is 12.7. The van der Waals surface area contributed by atoms with Crippen LogP contribution < -0.4 is 0 Å². The summed E-state index contributed by atoms with van der Waals surface area (Å²) in [4.78, 5) is 15.6. The van der Waals surface area contributed by atoms with Crippen molar-refractivity contribution in [2.45, 2.75) is 58.5 Å². The number of carbonyl (C=O) groups is 1. The van der Waals surface area contributed by atoms with E-state index in [9.17, 15) is 9.18 Å². The zero-order valence-electron chi connectivity index (χ0n) is 14.9. The lowest BCUT2D eigenvalue weighted by Gasteiger charge is -2.04. The molecule has 0 bridgehead atoms. The quantitative estimate of drug-likeness (QED) is 0.715. The first-order valence-corrected chi connectivity index (χ1v) is 9.26. The molecule has 6 heteroatoms. The Morgan fingerprint density at radius 1 is 1.28 bits per heavy atom. The van der Waals surface area contributed by atoms with Gasteiger partial charge in [0.2, 0.25) is 0 Å². The Labute approximate surface area is 152 Å². The molecule has 25 heavy (non-hydrogen) atoms. The van der Waals surface area contributed by atoms with E-state index in [4.69, 9.17) is 10.2 Å². The minimum atomic E-state index is -0.789. The van der Waals surface area contributed by atoms with Gasteiger partial charge in [0.25, 0.3) is 0 Å². The Morgan fingerprint density at radius 3 is 2.40 bits per heavy atom. The van der Waals surface area contributed by atoms with E-state index in [1.54, 1.807) is 23.5 Å². The highest BCUT2D eigenvalue weighted by Gasteiger charge is 2.07. The fraction of sp³-hybridized carbons (Fsp3) is 0.474. The molecule has 2 aromatic rings. The SMILES string of the molecule is CC(C)c1cnc(-c2ccc(F)cc2)s1.CCC(O)CCCC(=O)O. The van der Waals surface area contributed by atoms with E-state index >= 15 is 0 Å². The van der Waals surface area contributed by atoms with Crippen LogP contribution in [0.5, 0.6) is 0 Å². The maximum absolute atomic E-state index is 12.7. The van der Waals surface area contributed by atoms with Crippen LogP contribution in [-0.2, 0) is 4.79 Å². The third-order valence-corrected chi connectivity index (χ3v) is 4.93. The van der Waals surface area contributed by atoms with Crippen molar-refractivity contribution in [3.63, 3.8) is 0 Å². The third-order valence-electron chi connectivity index (χ3n) is 3.58. The van der Waals surface area contributed by atoms with E-state index in [0.717, 1.165) is 10.6 Å². The Balaban J connectivity index is 0.000000275. The first-order valence-electron chi connectivity index (χ1n) is 8.45. The first-order chi connectivity index (χ1) is 11.8. The van der Waals surface area contributed by atoms with Crippen molar-refractivity contribution in [1.82, 2.24) is 4.98 Å². The number of rotatable bonds is 7.